The summed E-state index contributed by atoms with van der Waals surface area (Å²) in [7, 11) is 1.69. The third-order valence-corrected chi connectivity index (χ3v) is 5.41. The maximum absolute atomic E-state index is 12.8. The average Bonchev–Trinajstić information content (AvgIpc) is 2.96. The first-order chi connectivity index (χ1) is 12.2. The molecule has 0 saturated carbocycles. The molecular formula is C19H26N2O4. The second kappa shape index (κ2) is 7.32. The highest BCUT2D eigenvalue weighted by Gasteiger charge is 2.45. The molecule has 1 amide bonds. The second-order valence-electron chi connectivity index (χ2n) is 7.12. The van der Waals surface area contributed by atoms with Gasteiger partial charge in [0.2, 0.25) is 5.91 Å². The van der Waals surface area contributed by atoms with E-state index in [2.05, 4.69) is 17.0 Å². The number of amides is 1. The summed E-state index contributed by atoms with van der Waals surface area (Å²) in [5, 5.41) is 0. The molecule has 136 valence electrons. The summed E-state index contributed by atoms with van der Waals surface area (Å²) in [5.41, 5.74) is 1.23. The minimum atomic E-state index is -0.00147. The number of morpholine rings is 2. The average molecular weight is 346 g/mol. The van der Waals surface area contributed by atoms with Crippen LogP contribution in [0.2, 0.25) is 0 Å². The lowest BCUT2D eigenvalue weighted by Crippen LogP contribution is -2.48. The number of fused-ring (bicyclic) bond motifs is 2. The second-order valence-corrected chi connectivity index (χ2v) is 7.12. The number of carbonyl (C=O) groups excluding carboxylic acids is 1. The largest absolute Gasteiger partial charge is 0.497 e. The Bertz CT molecular complexity index is 617. The molecule has 0 N–H and O–H groups in total. The normalized spacial score (nSPS) is 29.6. The molecule has 1 aromatic carbocycles. The van der Waals surface area contributed by atoms with Crippen LogP contribution in [0.5, 0.6) is 5.75 Å². The zero-order valence-electron chi connectivity index (χ0n) is 14.7. The lowest BCUT2D eigenvalue weighted by Gasteiger charge is -2.34. The fourth-order valence-corrected chi connectivity index (χ4v) is 4.17. The summed E-state index contributed by atoms with van der Waals surface area (Å²) in [6, 6.07) is 8.18. The van der Waals surface area contributed by atoms with Crippen LogP contribution in [0.1, 0.15) is 12.0 Å². The topological polar surface area (TPSA) is 51.2 Å². The molecule has 0 aromatic heterocycles. The Balaban J connectivity index is 1.39. The molecule has 0 spiro atoms. The Morgan fingerprint density at radius 3 is 2.92 bits per heavy atom. The van der Waals surface area contributed by atoms with Crippen LogP contribution >= 0.6 is 0 Å². The van der Waals surface area contributed by atoms with E-state index in [4.69, 9.17) is 14.2 Å². The monoisotopic (exact) mass is 346 g/mol. The molecule has 6 nitrogen and oxygen atoms in total. The SMILES string of the molecule is COc1cccc(CN2C[C@@H]3C[C@@H](C(=O)N4CCOCC4)[C@H](C2)O3)c1. The van der Waals surface area contributed by atoms with Crippen LogP contribution < -0.4 is 4.74 Å². The zero-order valence-corrected chi connectivity index (χ0v) is 14.7. The van der Waals surface area contributed by atoms with Crippen LogP contribution in [-0.2, 0) is 20.8 Å². The highest BCUT2D eigenvalue weighted by Crippen LogP contribution is 2.34. The predicted octanol–water partition coefficient (Wildman–Crippen LogP) is 1.14. The van der Waals surface area contributed by atoms with Gasteiger partial charge >= 0.3 is 0 Å². The first-order valence-corrected chi connectivity index (χ1v) is 9.10. The molecule has 3 atom stereocenters. The van der Waals surface area contributed by atoms with Crippen molar-refractivity contribution in [3.05, 3.63) is 29.8 Å². The van der Waals surface area contributed by atoms with E-state index in [0.717, 1.165) is 31.8 Å². The van der Waals surface area contributed by atoms with Gasteiger partial charge in [-0.2, -0.15) is 0 Å². The number of likely N-dealkylation sites (tertiary alicyclic amines) is 1. The van der Waals surface area contributed by atoms with Gasteiger partial charge in [0.05, 0.1) is 38.4 Å². The van der Waals surface area contributed by atoms with Crippen molar-refractivity contribution in [3.63, 3.8) is 0 Å². The summed E-state index contributed by atoms with van der Waals surface area (Å²) in [6.07, 6.45) is 1.02. The highest BCUT2D eigenvalue weighted by atomic mass is 16.5. The van der Waals surface area contributed by atoms with Gasteiger partial charge in [0.1, 0.15) is 5.75 Å². The smallest absolute Gasteiger partial charge is 0.228 e. The molecular weight excluding hydrogens is 320 g/mol. The van der Waals surface area contributed by atoms with Crippen molar-refractivity contribution in [2.24, 2.45) is 5.92 Å². The Morgan fingerprint density at radius 2 is 2.12 bits per heavy atom. The van der Waals surface area contributed by atoms with Gasteiger partial charge in [-0.3, -0.25) is 9.69 Å². The number of nitrogens with zero attached hydrogens (tertiary/aromatic N) is 2. The van der Waals surface area contributed by atoms with E-state index in [-0.39, 0.29) is 24.0 Å². The molecule has 3 aliphatic heterocycles. The number of carbonyl (C=O) groups is 1. The van der Waals surface area contributed by atoms with Gasteiger partial charge in [-0.1, -0.05) is 12.1 Å². The lowest BCUT2D eigenvalue weighted by molar-refractivity contribution is -0.142. The van der Waals surface area contributed by atoms with Crippen LogP contribution in [0.4, 0.5) is 0 Å². The van der Waals surface area contributed by atoms with Crippen LogP contribution in [0.25, 0.3) is 0 Å². The fraction of sp³-hybridized carbons (Fsp3) is 0.632. The summed E-state index contributed by atoms with van der Waals surface area (Å²) in [4.78, 5) is 17.2. The molecule has 25 heavy (non-hydrogen) atoms. The molecule has 1 aromatic rings. The number of rotatable bonds is 4. The van der Waals surface area contributed by atoms with Crippen LogP contribution in [-0.4, -0.2) is 74.4 Å². The molecule has 0 unspecified atom stereocenters. The molecule has 2 bridgehead atoms. The maximum atomic E-state index is 12.8. The predicted molar refractivity (Wildman–Crippen MR) is 92.4 cm³/mol. The first kappa shape index (κ1) is 16.8. The van der Waals surface area contributed by atoms with Crippen LogP contribution in [0, 0.1) is 5.92 Å². The van der Waals surface area contributed by atoms with Crippen LogP contribution in [0.3, 0.4) is 0 Å². The molecule has 6 heteroatoms. The molecule has 4 rings (SSSR count). The van der Waals surface area contributed by atoms with Gasteiger partial charge in [-0.05, 0) is 24.1 Å². The van der Waals surface area contributed by atoms with Crippen molar-refractivity contribution in [1.82, 2.24) is 9.80 Å². The van der Waals surface area contributed by atoms with E-state index in [1.807, 2.05) is 17.0 Å². The number of hydrogen-bond donors (Lipinski definition) is 0. The summed E-state index contributed by atoms with van der Waals surface area (Å²) >= 11 is 0. The maximum Gasteiger partial charge on any atom is 0.228 e. The van der Waals surface area contributed by atoms with Gasteiger partial charge in [0, 0.05) is 32.7 Å². The number of methoxy groups -OCH3 is 1. The molecule has 0 aliphatic carbocycles. The third-order valence-electron chi connectivity index (χ3n) is 5.41. The van der Waals surface area contributed by atoms with E-state index >= 15 is 0 Å². The van der Waals surface area contributed by atoms with Crippen molar-refractivity contribution < 1.29 is 19.0 Å². The Kier molecular flexibility index (Phi) is 4.92. The van der Waals surface area contributed by atoms with Crippen LogP contribution in [0.15, 0.2) is 24.3 Å². The van der Waals surface area contributed by atoms with Gasteiger partial charge < -0.3 is 19.1 Å². The highest BCUT2D eigenvalue weighted by molar-refractivity contribution is 5.80. The Labute approximate surface area is 148 Å². The molecule has 3 heterocycles. The zero-order chi connectivity index (χ0) is 17.2. The third kappa shape index (κ3) is 3.66. The van der Waals surface area contributed by atoms with Crippen molar-refractivity contribution >= 4 is 5.91 Å². The Morgan fingerprint density at radius 1 is 1.28 bits per heavy atom. The van der Waals surface area contributed by atoms with Gasteiger partial charge in [0.25, 0.3) is 0 Å². The Hall–Kier alpha value is -1.63. The summed E-state index contributed by atoms with van der Waals surface area (Å²) in [6.45, 7) is 5.28. The van der Waals surface area contributed by atoms with E-state index in [9.17, 15) is 4.79 Å². The van der Waals surface area contributed by atoms with Gasteiger partial charge in [-0.25, -0.2) is 0 Å². The molecule has 0 radical (unpaired) electrons. The first-order valence-electron chi connectivity index (χ1n) is 9.10. The molecule has 3 saturated heterocycles. The number of ether oxygens (including phenoxy) is 3. The van der Waals surface area contributed by atoms with Crippen molar-refractivity contribution in [1.29, 1.82) is 0 Å². The molecule has 3 fully saturated rings. The van der Waals surface area contributed by atoms with Gasteiger partial charge in [0.15, 0.2) is 0 Å². The number of benzene rings is 1. The van der Waals surface area contributed by atoms with Crippen molar-refractivity contribution in [2.45, 2.75) is 25.2 Å². The fourth-order valence-electron chi connectivity index (χ4n) is 4.17. The molecule has 3 aliphatic rings. The van der Waals surface area contributed by atoms with E-state index in [0.29, 0.717) is 26.3 Å². The number of hydrogen-bond acceptors (Lipinski definition) is 5. The summed E-state index contributed by atoms with van der Waals surface area (Å²) < 4.78 is 16.8. The van der Waals surface area contributed by atoms with E-state index < -0.39 is 0 Å². The van der Waals surface area contributed by atoms with E-state index in [1.54, 1.807) is 7.11 Å². The minimum absolute atomic E-state index is 0.00147. The minimum Gasteiger partial charge on any atom is -0.497 e. The van der Waals surface area contributed by atoms with Gasteiger partial charge in [-0.15, -0.1) is 0 Å². The lowest BCUT2D eigenvalue weighted by atomic mass is 9.98. The summed E-state index contributed by atoms with van der Waals surface area (Å²) in [5.74, 6) is 1.13. The van der Waals surface area contributed by atoms with Crippen molar-refractivity contribution in [3.8, 4) is 5.75 Å². The van der Waals surface area contributed by atoms with Crippen molar-refractivity contribution in [2.75, 3.05) is 46.5 Å². The quantitative estimate of drug-likeness (QED) is 0.818. The van der Waals surface area contributed by atoms with E-state index in [1.165, 1.54) is 5.56 Å². The standard InChI is InChI=1S/C19H26N2O4/c1-23-15-4-2-3-14(9-15)11-20-12-16-10-17(18(13-20)25-16)19(22)21-5-7-24-8-6-21/h2-4,9,16-18H,5-8,10-13H2,1H3/t16-,17+,18-/m0/s1.